The van der Waals surface area contributed by atoms with Crippen molar-refractivity contribution in [3.8, 4) is 11.3 Å². The van der Waals surface area contributed by atoms with Crippen LogP contribution in [0.5, 0.6) is 0 Å². The third-order valence-corrected chi connectivity index (χ3v) is 4.98. The van der Waals surface area contributed by atoms with Gasteiger partial charge in [-0.05, 0) is 50.7 Å². The molecule has 0 bridgehead atoms. The topological polar surface area (TPSA) is 50.7 Å². The van der Waals surface area contributed by atoms with E-state index in [-0.39, 0.29) is 0 Å². The van der Waals surface area contributed by atoms with E-state index in [1.807, 2.05) is 0 Å². The van der Waals surface area contributed by atoms with Crippen LogP contribution in [0.15, 0.2) is 12.1 Å². The first kappa shape index (κ1) is 20.3. The number of nitrogens with zero attached hydrogens (tertiary/aromatic N) is 3. The summed E-state index contributed by atoms with van der Waals surface area (Å²) in [7, 11) is 0. The molecule has 4 nitrogen and oxygen atoms in total. The normalized spacial score (nSPS) is 11.4. The highest BCUT2D eigenvalue weighted by molar-refractivity contribution is 5.66. The lowest BCUT2D eigenvalue weighted by Crippen LogP contribution is -2.20. The second-order valence-electron chi connectivity index (χ2n) is 7.20. The van der Waals surface area contributed by atoms with E-state index in [0.717, 1.165) is 65.5 Å². The van der Waals surface area contributed by atoms with Gasteiger partial charge in [-0.3, -0.25) is 4.98 Å². The molecule has 1 N–H and O–H groups in total. The van der Waals surface area contributed by atoms with E-state index in [1.165, 1.54) is 0 Å². The smallest absolute Gasteiger partial charge is 0.148 e. The van der Waals surface area contributed by atoms with Crippen LogP contribution in [0, 0.1) is 6.92 Å². The number of aryl methyl sites for hydroxylation is 3. The Labute approximate surface area is 158 Å². The molecule has 26 heavy (non-hydrogen) atoms. The van der Waals surface area contributed by atoms with Crippen molar-refractivity contribution < 1.29 is 0 Å². The number of aromatic nitrogens is 3. The number of rotatable bonds is 8. The Morgan fingerprint density at radius 3 is 2.08 bits per heavy atom. The van der Waals surface area contributed by atoms with Crippen LogP contribution in [0.1, 0.15) is 83.1 Å². The van der Waals surface area contributed by atoms with Gasteiger partial charge in [-0.15, -0.1) is 0 Å². The van der Waals surface area contributed by atoms with Crippen molar-refractivity contribution in [3.05, 3.63) is 34.9 Å². The maximum absolute atomic E-state index is 5.00. The monoisotopic (exact) mass is 354 g/mol. The van der Waals surface area contributed by atoms with Crippen molar-refractivity contribution in [2.45, 2.75) is 86.1 Å². The minimum absolute atomic E-state index is 0.430. The van der Waals surface area contributed by atoms with Gasteiger partial charge in [-0.2, -0.15) is 0 Å². The van der Waals surface area contributed by atoms with E-state index in [1.54, 1.807) is 0 Å². The van der Waals surface area contributed by atoms with Crippen molar-refractivity contribution in [2.75, 3.05) is 5.32 Å². The molecule has 0 spiro atoms. The number of anilines is 1. The third-order valence-electron chi connectivity index (χ3n) is 4.98. The van der Waals surface area contributed by atoms with Crippen LogP contribution >= 0.6 is 0 Å². The van der Waals surface area contributed by atoms with Crippen LogP contribution in [0.25, 0.3) is 11.3 Å². The van der Waals surface area contributed by atoms with Gasteiger partial charge < -0.3 is 5.32 Å². The van der Waals surface area contributed by atoms with Gasteiger partial charge in [-0.1, -0.05) is 41.5 Å². The quantitative estimate of drug-likeness (QED) is 0.661. The average Bonchev–Trinajstić information content (AvgIpc) is 2.65. The van der Waals surface area contributed by atoms with Crippen LogP contribution in [-0.2, 0) is 12.8 Å². The van der Waals surface area contributed by atoms with E-state index in [4.69, 9.17) is 15.0 Å². The number of hydrogen-bond acceptors (Lipinski definition) is 4. The molecule has 0 aliphatic heterocycles. The van der Waals surface area contributed by atoms with Crippen LogP contribution < -0.4 is 5.32 Å². The van der Waals surface area contributed by atoms with Crippen molar-refractivity contribution >= 4 is 5.82 Å². The van der Waals surface area contributed by atoms with Crippen LogP contribution in [0.4, 0.5) is 5.82 Å². The van der Waals surface area contributed by atoms with E-state index in [9.17, 15) is 0 Å². The number of pyridine rings is 1. The molecule has 2 aromatic heterocycles. The van der Waals surface area contributed by atoms with Gasteiger partial charge in [-0.25, -0.2) is 9.97 Å². The predicted molar refractivity (Wildman–Crippen MR) is 111 cm³/mol. The fraction of sp³-hybridized carbons (Fsp3) is 0.591. The number of nitrogens with one attached hydrogen (secondary N) is 1. The summed E-state index contributed by atoms with van der Waals surface area (Å²) in [6.07, 6.45) is 3.93. The SMILES string of the molecule is CCc1nc(C(C)C)ccc1-c1nc(CC)c(NC(CC)CC)nc1C. The molecule has 0 unspecified atom stereocenters. The molecule has 142 valence electrons. The maximum atomic E-state index is 5.00. The molecule has 0 amide bonds. The molecule has 0 aliphatic carbocycles. The highest BCUT2D eigenvalue weighted by Gasteiger charge is 2.17. The molecule has 2 rings (SSSR count). The minimum atomic E-state index is 0.430. The van der Waals surface area contributed by atoms with Crippen LogP contribution in [0.2, 0.25) is 0 Å². The van der Waals surface area contributed by atoms with Gasteiger partial charge in [0.15, 0.2) is 0 Å². The second kappa shape index (κ2) is 9.11. The van der Waals surface area contributed by atoms with Gasteiger partial charge in [0.05, 0.1) is 17.1 Å². The summed E-state index contributed by atoms with van der Waals surface area (Å²) in [5.41, 5.74) is 6.33. The first-order valence-electron chi connectivity index (χ1n) is 10.1. The van der Waals surface area contributed by atoms with Crippen LogP contribution in [0.3, 0.4) is 0 Å². The van der Waals surface area contributed by atoms with Gasteiger partial charge in [0.1, 0.15) is 5.82 Å². The molecular formula is C22H34N4. The van der Waals surface area contributed by atoms with E-state index >= 15 is 0 Å². The van der Waals surface area contributed by atoms with E-state index in [2.05, 4.69) is 65.9 Å². The van der Waals surface area contributed by atoms with Gasteiger partial charge in [0.2, 0.25) is 0 Å². The summed E-state index contributed by atoms with van der Waals surface area (Å²) in [5.74, 6) is 1.37. The summed E-state index contributed by atoms with van der Waals surface area (Å²) in [4.78, 5) is 14.8. The van der Waals surface area contributed by atoms with E-state index < -0.39 is 0 Å². The fourth-order valence-corrected chi connectivity index (χ4v) is 3.18. The van der Waals surface area contributed by atoms with E-state index in [0.29, 0.717) is 12.0 Å². The van der Waals surface area contributed by atoms with Crippen LogP contribution in [-0.4, -0.2) is 21.0 Å². The van der Waals surface area contributed by atoms with Crippen molar-refractivity contribution in [1.29, 1.82) is 0 Å². The Balaban J connectivity index is 2.51. The molecular weight excluding hydrogens is 320 g/mol. The molecule has 2 heterocycles. The minimum Gasteiger partial charge on any atom is -0.366 e. The largest absolute Gasteiger partial charge is 0.366 e. The van der Waals surface area contributed by atoms with Crippen molar-refractivity contribution in [2.24, 2.45) is 0 Å². The molecule has 0 saturated heterocycles. The molecule has 2 aromatic rings. The summed E-state index contributed by atoms with van der Waals surface area (Å²) < 4.78 is 0. The Hall–Kier alpha value is -1.97. The van der Waals surface area contributed by atoms with Crippen molar-refractivity contribution in [1.82, 2.24) is 15.0 Å². The lowest BCUT2D eigenvalue weighted by molar-refractivity contribution is 0.665. The second-order valence-corrected chi connectivity index (χ2v) is 7.20. The third kappa shape index (κ3) is 4.40. The lowest BCUT2D eigenvalue weighted by Gasteiger charge is -2.20. The molecule has 4 heteroatoms. The molecule has 0 aliphatic rings. The van der Waals surface area contributed by atoms with Crippen molar-refractivity contribution in [3.63, 3.8) is 0 Å². The fourth-order valence-electron chi connectivity index (χ4n) is 3.18. The first-order valence-corrected chi connectivity index (χ1v) is 10.1. The summed E-state index contributed by atoms with van der Waals surface area (Å²) >= 11 is 0. The highest BCUT2D eigenvalue weighted by Crippen LogP contribution is 2.28. The zero-order valence-corrected chi connectivity index (χ0v) is 17.5. The standard InChI is InChI=1S/C22H34N4/c1-8-16(9-2)24-22-19(11-4)26-21(15(7)23-22)17-12-13-20(14(5)6)25-18(17)10-3/h12-14,16H,8-11H2,1-7H3,(H,23,24). The first-order chi connectivity index (χ1) is 12.4. The average molecular weight is 355 g/mol. The predicted octanol–water partition coefficient (Wildman–Crippen LogP) is 5.70. The molecule has 0 fully saturated rings. The summed E-state index contributed by atoms with van der Waals surface area (Å²) in [6.45, 7) is 15.1. The number of hydrogen-bond donors (Lipinski definition) is 1. The zero-order chi connectivity index (χ0) is 19.3. The Morgan fingerprint density at radius 1 is 0.885 bits per heavy atom. The molecule has 0 radical (unpaired) electrons. The van der Waals surface area contributed by atoms with Gasteiger partial charge in [0.25, 0.3) is 0 Å². The highest BCUT2D eigenvalue weighted by atomic mass is 15.0. The Morgan fingerprint density at radius 2 is 1.54 bits per heavy atom. The Kier molecular flexibility index (Phi) is 7.13. The summed E-state index contributed by atoms with van der Waals surface area (Å²) in [5, 5.41) is 3.58. The Bertz CT molecular complexity index is 733. The van der Waals surface area contributed by atoms with Gasteiger partial charge in [0, 0.05) is 23.0 Å². The maximum Gasteiger partial charge on any atom is 0.148 e. The molecule has 0 atom stereocenters. The van der Waals surface area contributed by atoms with Gasteiger partial charge >= 0.3 is 0 Å². The lowest BCUT2D eigenvalue weighted by atomic mass is 10.0. The molecule has 0 aromatic carbocycles. The molecule has 0 saturated carbocycles. The summed E-state index contributed by atoms with van der Waals surface area (Å²) in [6, 6.07) is 4.74. The zero-order valence-electron chi connectivity index (χ0n) is 17.5.